The van der Waals surface area contributed by atoms with Crippen molar-refractivity contribution in [2.24, 2.45) is 0 Å². The molecule has 0 saturated heterocycles. The smallest absolute Gasteiger partial charge is 0.186 e. The van der Waals surface area contributed by atoms with Crippen LogP contribution in [0.1, 0.15) is 15.9 Å². The molecule has 0 aromatic heterocycles. The maximum absolute atomic E-state index is 11.7. The number of fused-ring (bicyclic) bond motifs is 1. The fraction of sp³-hybridized carbons (Fsp3) is 0. The number of carbonyl (C=O) groups is 1. The Balaban J connectivity index is 2.57. The number of ketones is 1. The van der Waals surface area contributed by atoms with E-state index in [-0.39, 0.29) is 5.78 Å². The van der Waals surface area contributed by atoms with Gasteiger partial charge >= 0.3 is 0 Å². The molecule has 0 N–H and O–H groups in total. The highest BCUT2D eigenvalue weighted by atomic mass is 16.1. The van der Waals surface area contributed by atoms with Crippen LogP contribution in [0.15, 0.2) is 54.6 Å². The van der Waals surface area contributed by atoms with Crippen LogP contribution < -0.4 is 0 Å². The summed E-state index contributed by atoms with van der Waals surface area (Å²) in [5.74, 6) is 0.0526. The Labute approximate surface area is 83.1 Å². The van der Waals surface area contributed by atoms with Crippen molar-refractivity contribution in [1.29, 1.82) is 0 Å². The summed E-state index contributed by atoms with van der Waals surface area (Å²) in [6.07, 6.45) is 11.0. The Morgan fingerprint density at radius 3 is 2.36 bits per heavy atom. The number of benzene rings is 1. The summed E-state index contributed by atoms with van der Waals surface area (Å²) in [5.41, 5.74) is 1.72. The van der Waals surface area contributed by atoms with Gasteiger partial charge in [0.05, 0.1) is 0 Å². The van der Waals surface area contributed by atoms with E-state index in [1.165, 1.54) is 0 Å². The van der Waals surface area contributed by atoms with Gasteiger partial charge in [-0.3, -0.25) is 4.79 Å². The summed E-state index contributed by atoms with van der Waals surface area (Å²) < 4.78 is 0. The molecule has 0 unspecified atom stereocenters. The number of hydrogen-bond donors (Lipinski definition) is 0. The standard InChI is InChI=1S/C13H10O/c14-13-10-4-2-1-3-7-11-8-5-6-9-12(11)13/h1-10H. The van der Waals surface area contributed by atoms with Gasteiger partial charge in [-0.15, -0.1) is 0 Å². The van der Waals surface area contributed by atoms with Gasteiger partial charge in [-0.25, -0.2) is 0 Å². The molecule has 1 aromatic rings. The highest BCUT2D eigenvalue weighted by Gasteiger charge is 2.05. The van der Waals surface area contributed by atoms with Crippen molar-refractivity contribution in [3.63, 3.8) is 0 Å². The predicted octanol–water partition coefficient (Wildman–Crippen LogP) is 3.01. The third-order valence-electron chi connectivity index (χ3n) is 2.08. The zero-order chi connectivity index (χ0) is 9.80. The SMILES string of the molecule is O=C1C=CC=CC=Cc2ccccc21. The van der Waals surface area contributed by atoms with Crippen molar-refractivity contribution < 1.29 is 4.79 Å². The summed E-state index contributed by atoms with van der Waals surface area (Å²) in [7, 11) is 0. The van der Waals surface area contributed by atoms with E-state index in [1.807, 2.05) is 48.6 Å². The lowest BCUT2D eigenvalue weighted by atomic mass is 10.0. The molecule has 0 radical (unpaired) electrons. The lowest BCUT2D eigenvalue weighted by molar-refractivity contribution is 0.104. The first-order valence-corrected chi connectivity index (χ1v) is 4.53. The van der Waals surface area contributed by atoms with Crippen molar-refractivity contribution in [3.05, 3.63) is 65.8 Å². The van der Waals surface area contributed by atoms with Crippen LogP contribution in [0.4, 0.5) is 0 Å². The van der Waals surface area contributed by atoms with Gasteiger partial charge in [0.2, 0.25) is 0 Å². The summed E-state index contributed by atoms with van der Waals surface area (Å²) >= 11 is 0. The minimum Gasteiger partial charge on any atom is -0.289 e. The second-order valence-electron chi connectivity index (χ2n) is 3.05. The monoisotopic (exact) mass is 182 g/mol. The van der Waals surface area contributed by atoms with E-state index in [9.17, 15) is 4.79 Å². The van der Waals surface area contributed by atoms with E-state index < -0.39 is 0 Å². The van der Waals surface area contributed by atoms with Crippen molar-refractivity contribution in [2.45, 2.75) is 0 Å². The fourth-order valence-electron chi connectivity index (χ4n) is 1.39. The maximum Gasteiger partial charge on any atom is 0.186 e. The fourth-order valence-corrected chi connectivity index (χ4v) is 1.39. The average Bonchev–Trinajstić information content (AvgIpc) is 2.30. The molecule has 1 heteroatoms. The van der Waals surface area contributed by atoms with Crippen LogP contribution in [0.25, 0.3) is 6.08 Å². The molecule has 0 amide bonds. The third-order valence-corrected chi connectivity index (χ3v) is 2.08. The molecule has 1 aliphatic carbocycles. The van der Waals surface area contributed by atoms with Gasteiger partial charge in [0, 0.05) is 5.56 Å². The first-order valence-electron chi connectivity index (χ1n) is 4.53. The molecule has 0 fully saturated rings. The van der Waals surface area contributed by atoms with Gasteiger partial charge in [-0.05, 0) is 11.6 Å². The molecule has 1 nitrogen and oxygen atoms in total. The number of allylic oxidation sites excluding steroid dienone is 5. The molecule has 1 aliphatic rings. The normalized spacial score (nSPS) is 14.4. The topological polar surface area (TPSA) is 17.1 Å². The van der Waals surface area contributed by atoms with Gasteiger partial charge in [-0.1, -0.05) is 54.6 Å². The molecule has 0 saturated carbocycles. The van der Waals surface area contributed by atoms with Gasteiger partial charge in [0.1, 0.15) is 0 Å². The van der Waals surface area contributed by atoms with Crippen LogP contribution in [0.5, 0.6) is 0 Å². The van der Waals surface area contributed by atoms with E-state index in [4.69, 9.17) is 0 Å². The lowest BCUT2D eigenvalue weighted by Gasteiger charge is -2.00. The van der Waals surface area contributed by atoms with Crippen molar-refractivity contribution >= 4 is 11.9 Å². The van der Waals surface area contributed by atoms with E-state index in [1.54, 1.807) is 12.2 Å². The van der Waals surface area contributed by atoms with Gasteiger partial charge in [-0.2, -0.15) is 0 Å². The highest BCUT2D eigenvalue weighted by Crippen LogP contribution is 2.13. The Kier molecular flexibility index (Phi) is 2.41. The van der Waals surface area contributed by atoms with Crippen LogP contribution in [0.3, 0.4) is 0 Å². The summed E-state index contributed by atoms with van der Waals surface area (Å²) in [6, 6.07) is 7.60. The Morgan fingerprint density at radius 1 is 0.786 bits per heavy atom. The molecule has 2 rings (SSSR count). The second-order valence-corrected chi connectivity index (χ2v) is 3.05. The van der Waals surface area contributed by atoms with Crippen LogP contribution >= 0.6 is 0 Å². The first-order chi connectivity index (χ1) is 6.88. The molecule has 0 bridgehead atoms. The lowest BCUT2D eigenvalue weighted by Crippen LogP contribution is -1.96. The Bertz CT molecular complexity index is 436. The molecule has 0 aliphatic heterocycles. The maximum atomic E-state index is 11.7. The predicted molar refractivity (Wildman–Crippen MR) is 58.1 cm³/mol. The molecule has 68 valence electrons. The summed E-state index contributed by atoms with van der Waals surface area (Å²) in [6.45, 7) is 0. The van der Waals surface area contributed by atoms with Crippen LogP contribution in [0.2, 0.25) is 0 Å². The molecule has 0 spiro atoms. The Hall–Kier alpha value is -1.89. The first kappa shape index (κ1) is 8.70. The zero-order valence-electron chi connectivity index (χ0n) is 7.68. The minimum absolute atomic E-state index is 0.0526. The van der Waals surface area contributed by atoms with E-state index in [0.29, 0.717) is 0 Å². The van der Waals surface area contributed by atoms with Crippen molar-refractivity contribution in [2.75, 3.05) is 0 Å². The van der Waals surface area contributed by atoms with Crippen LogP contribution in [-0.2, 0) is 0 Å². The van der Waals surface area contributed by atoms with Gasteiger partial charge in [0.25, 0.3) is 0 Å². The van der Waals surface area contributed by atoms with Gasteiger partial charge in [0.15, 0.2) is 5.78 Å². The third kappa shape index (κ3) is 1.72. The number of rotatable bonds is 0. The minimum atomic E-state index is 0.0526. The molecule has 0 heterocycles. The molecule has 1 aromatic carbocycles. The zero-order valence-corrected chi connectivity index (χ0v) is 7.68. The van der Waals surface area contributed by atoms with Crippen molar-refractivity contribution in [3.8, 4) is 0 Å². The van der Waals surface area contributed by atoms with E-state index in [0.717, 1.165) is 11.1 Å². The molecule has 14 heavy (non-hydrogen) atoms. The van der Waals surface area contributed by atoms with Gasteiger partial charge < -0.3 is 0 Å². The van der Waals surface area contributed by atoms with Crippen LogP contribution in [0, 0.1) is 0 Å². The van der Waals surface area contributed by atoms with Crippen molar-refractivity contribution in [1.82, 2.24) is 0 Å². The number of carbonyl (C=O) groups excluding carboxylic acids is 1. The Morgan fingerprint density at radius 2 is 1.50 bits per heavy atom. The van der Waals surface area contributed by atoms with E-state index in [2.05, 4.69) is 0 Å². The van der Waals surface area contributed by atoms with E-state index >= 15 is 0 Å². The molecular formula is C13H10O. The largest absolute Gasteiger partial charge is 0.289 e. The summed E-state index contributed by atoms with van der Waals surface area (Å²) in [5, 5.41) is 0. The average molecular weight is 182 g/mol. The second kappa shape index (κ2) is 3.88. The quantitative estimate of drug-likeness (QED) is 0.602. The molecular weight excluding hydrogens is 172 g/mol. The number of hydrogen-bond acceptors (Lipinski definition) is 1. The summed E-state index contributed by atoms with van der Waals surface area (Å²) in [4.78, 5) is 11.7. The molecule has 0 atom stereocenters. The highest BCUT2D eigenvalue weighted by molar-refractivity contribution is 6.07. The van der Waals surface area contributed by atoms with Crippen LogP contribution in [-0.4, -0.2) is 5.78 Å².